The average Bonchev–Trinajstić information content (AvgIpc) is 2.67. The highest BCUT2D eigenvalue weighted by molar-refractivity contribution is 5.78. The van der Waals surface area contributed by atoms with E-state index in [-0.39, 0.29) is 0 Å². The van der Waals surface area contributed by atoms with E-state index in [1.54, 1.807) is 21.1 Å². The molecule has 0 fully saturated rings. The minimum absolute atomic E-state index is 0.425. The second-order valence-electron chi connectivity index (χ2n) is 6.70. The van der Waals surface area contributed by atoms with Crippen LogP contribution in [0.2, 0.25) is 0 Å². The summed E-state index contributed by atoms with van der Waals surface area (Å²) < 4.78 is 10.7. The molecule has 0 aliphatic heterocycles. The van der Waals surface area contributed by atoms with Crippen LogP contribution in [0.15, 0.2) is 54.6 Å². The number of para-hydroxylation sites is 1. The standard InChI is InChI=1S/C22H26N2O3/c1-16(25)13-24(14-17-8-11-21(26-2)22(12-17)27-3)15-19-10-9-18-6-4-5-7-20(18)23-19/h4-12,16,25H,13-15H2,1-3H3/t16-/m1/s1. The van der Waals surface area contributed by atoms with Gasteiger partial charge in [0.15, 0.2) is 11.5 Å². The van der Waals surface area contributed by atoms with Crippen molar-refractivity contribution in [3.05, 3.63) is 65.9 Å². The molecule has 0 saturated carbocycles. The molecule has 142 valence electrons. The van der Waals surface area contributed by atoms with E-state index in [1.807, 2.05) is 42.5 Å². The molecular weight excluding hydrogens is 340 g/mol. The fraction of sp³-hybridized carbons (Fsp3) is 0.318. The van der Waals surface area contributed by atoms with Crippen molar-refractivity contribution in [2.75, 3.05) is 20.8 Å². The predicted molar refractivity (Wildman–Crippen MR) is 107 cm³/mol. The van der Waals surface area contributed by atoms with Crippen LogP contribution in [-0.4, -0.2) is 41.9 Å². The molecule has 0 unspecified atom stereocenters. The quantitative estimate of drug-likeness (QED) is 0.660. The molecule has 0 amide bonds. The van der Waals surface area contributed by atoms with Gasteiger partial charge in [0.05, 0.1) is 31.5 Å². The lowest BCUT2D eigenvalue weighted by atomic mass is 10.1. The van der Waals surface area contributed by atoms with Crippen molar-refractivity contribution in [1.82, 2.24) is 9.88 Å². The molecule has 0 bridgehead atoms. The third-order valence-electron chi connectivity index (χ3n) is 4.42. The highest BCUT2D eigenvalue weighted by atomic mass is 16.5. The smallest absolute Gasteiger partial charge is 0.161 e. The van der Waals surface area contributed by atoms with Crippen LogP contribution in [0.1, 0.15) is 18.2 Å². The number of aliphatic hydroxyl groups excluding tert-OH is 1. The van der Waals surface area contributed by atoms with Gasteiger partial charge in [-0.1, -0.05) is 30.3 Å². The molecule has 1 N–H and O–H groups in total. The number of hydrogen-bond acceptors (Lipinski definition) is 5. The molecule has 27 heavy (non-hydrogen) atoms. The summed E-state index contributed by atoms with van der Waals surface area (Å²) in [4.78, 5) is 6.94. The fourth-order valence-corrected chi connectivity index (χ4v) is 3.22. The summed E-state index contributed by atoms with van der Waals surface area (Å²) >= 11 is 0. The number of fused-ring (bicyclic) bond motifs is 1. The molecule has 5 nitrogen and oxygen atoms in total. The van der Waals surface area contributed by atoms with Crippen molar-refractivity contribution >= 4 is 10.9 Å². The lowest BCUT2D eigenvalue weighted by molar-refractivity contribution is 0.117. The summed E-state index contributed by atoms with van der Waals surface area (Å²) in [6.07, 6.45) is -0.425. The van der Waals surface area contributed by atoms with E-state index < -0.39 is 6.10 Å². The summed E-state index contributed by atoms with van der Waals surface area (Å²) in [5.41, 5.74) is 3.06. The third kappa shape index (κ3) is 4.96. The molecule has 3 rings (SSSR count). The van der Waals surface area contributed by atoms with Gasteiger partial charge in [-0.3, -0.25) is 9.88 Å². The van der Waals surface area contributed by atoms with Crippen LogP contribution in [0.25, 0.3) is 10.9 Å². The van der Waals surface area contributed by atoms with E-state index in [0.29, 0.717) is 31.1 Å². The van der Waals surface area contributed by atoms with Crippen LogP contribution in [0.4, 0.5) is 0 Å². The number of aliphatic hydroxyl groups is 1. The van der Waals surface area contributed by atoms with Gasteiger partial charge in [-0.15, -0.1) is 0 Å². The number of hydrogen-bond donors (Lipinski definition) is 1. The lowest BCUT2D eigenvalue weighted by Gasteiger charge is -2.24. The van der Waals surface area contributed by atoms with Crippen LogP contribution < -0.4 is 9.47 Å². The van der Waals surface area contributed by atoms with Crippen LogP contribution in [0.5, 0.6) is 11.5 Å². The molecule has 0 spiro atoms. The minimum Gasteiger partial charge on any atom is -0.493 e. The van der Waals surface area contributed by atoms with E-state index >= 15 is 0 Å². The van der Waals surface area contributed by atoms with Crippen LogP contribution in [-0.2, 0) is 13.1 Å². The van der Waals surface area contributed by atoms with Crippen LogP contribution in [0, 0.1) is 0 Å². The highest BCUT2D eigenvalue weighted by Gasteiger charge is 2.13. The van der Waals surface area contributed by atoms with E-state index in [9.17, 15) is 5.11 Å². The highest BCUT2D eigenvalue weighted by Crippen LogP contribution is 2.28. The van der Waals surface area contributed by atoms with Crippen molar-refractivity contribution in [3.63, 3.8) is 0 Å². The molecular formula is C22H26N2O3. The molecule has 1 aromatic heterocycles. The molecule has 3 aromatic rings. The molecule has 1 heterocycles. The maximum atomic E-state index is 9.93. The Hall–Kier alpha value is -2.63. The lowest BCUT2D eigenvalue weighted by Crippen LogP contribution is -2.30. The first kappa shape index (κ1) is 19.1. The second-order valence-corrected chi connectivity index (χ2v) is 6.70. The molecule has 0 saturated heterocycles. The normalized spacial score (nSPS) is 12.3. The predicted octanol–water partition coefficient (Wildman–Crippen LogP) is 3.64. The Morgan fingerprint density at radius 2 is 1.74 bits per heavy atom. The first-order chi connectivity index (χ1) is 13.1. The molecule has 1 atom stereocenters. The number of ether oxygens (including phenoxy) is 2. The molecule has 0 aliphatic rings. The first-order valence-corrected chi connectivity index (χ1v) is 9.05. The summed E-state index contributed by atoms with van der Waals surface area (Å²) in [6, 6.07) is 18.1. The number of benzene rings is 2. The van der Waals surface area contributed by atoms with Gasteiger partial charge in [0.1, 0.15) is 0 Å². The zero-order valence-electron chi connectivity index (χ0n) is 16.1. The largest absolute Gasteiger partial charge is 0.493 e. The Balaban J connectivity index is 1.80. The third-order valence-corrected chi connectivity index (χ3v) is 4.42. The van der Waals surface area contributed by atoms with Crippen molar-refractivity contribution < 1.29 is 14.6 Å². The first-order valence-electron chi connectivity index (χ1n) is 9.05. The Kier molecular flexibility index (Phi) is 6.27. The van der Waals surface area contributed by atoms with Crippen molar-refractivity contribution in [1.29, 1.82) is 0 Å². The van der Waals surface area contributed by atoms with E-state index in [0.717, 1.165) is 22.2 Å². The Bertz CT molecular complexity index is 896. The van der Waals surface area contributed by atoms with Gasteiger partial charge in [-0.25, -0.2) is 0 Å². The molecule has 2 aromatic carbocycles. The fourth-order valence-electron chi connectivity index (χ4n) is 3.22. The number of nitrogens with zero attached hydrogens (tertiary/aromatic N) is 2. The van der Waals surface area contributed by atoms with Crippen molar-refractivity contribution in [2.45, 2.75) is 26.1 Å². The van der Waals surface area contributed by atoms with Crippen LogP contribution >= 0.6 is 0 Å². The van der Waals surface area contributed by atoms with Gasteiger partial charge in [0.25, 0.3) is 0 Å². The van der Waals surface area contributed by atoms with E-state index in [1.165, 1.54) is 0 Å². The summed E-state index contributed by atoms with van der Waals surface area (Å²) in [6.45, 7) is 3.70. The van der Waals surface area contributed by atoms with E-state index in [4.69, 9.17) is 14.5 Å². The van der Waals surface area contributed by atoms with Gasteiger partial charge in [-0.2, -0.15) is 0 Å². The zero-order chi connectivity index (χ0) is 19.2. The summed E-state index contributed by atoms with van der Waals surface area (Å²) in [7, 11) is 3.26. The molecule has 0 radical (unpaired) electrons. The van der Waals surface area contributed by atoms with E-state index in [2.05, 4.69) is 17.0 Å². The molecule has 5 heteroatoms. The van der Waals surface area contributed by atoms with Gasteiger partial charge in [0.2, 0.25) is 0 Å². The zero-order valence-corrected chi connectivity index (χ0v) is 16.1. The summed E-state index contributed by atoms with van der Waals surface area (Å²) in [5, 5.41) is 11.1. The van der Waals surface area contributed by atoms with Crippen molar-refractivity contribution in [2.24, 2.45) is 0 Å². The van der Waals surface area contributed by atoms with Gasteiger partial charge in [0, 0.05) is 25.0 Å². The second kappa shape index (κ2) is 8.84. The number of methoxy groups -OCH3 is 2. The van der Waals surface area contributed by atoms with Gasteiger partial charge in [-0.05, 0) is 36.8 Å². The van der Waals surface area contributed by atoms with Gasteiger partial charge < -0.3 is 14.6 Å². The Morgan fingerprint density at radius 1 is 0.963 bits per heavy atom. The molecule has 0 aliphatic carbocycles. The van der Waals surface area contributed by atoms with Crippen LogP contribution in [0.3, 0.4) is 0 Å². The Morgan fingerprint density at radius 3 is 2.48 bits per heavy atom. The maximum absolute atomic E-state index is 9.93. The monoisotopic (exact) mass is 366 g/mol. The number of rotatable bonds is 8. The topological polar surface area (TPSA) is 54.8 Å². The van der Waals surface area contributed by atoms with Crippen molar-refractivity contribution in [3.8, 4) is 11.5 Å². The number of pyridine rings is 1. The SMILES string of the molecule is COc1ccc(CN(Cc2ccc3ccccc3n2)C[C@@H](C)O)cc1OC. The average molecular weight is 366 g/mol. The van der Waals surface area contributed by atoms with Gasteiger partial charge >= 0.3 is 0 Å². The number of aromatic nitrogens is 1. The Labute approximate surface area is 160 Å². The minimum atomic E-state index is -0.425. The summed E-state index contributed by atoms with van der Waals surface area (Å²) in [5.74, 6) is 1.41. The maximum Gasteiger partial charge on any atom is 0.161 e.